The summed E-state index contributed by atoms with van der Waals surface area (Å²) < 4.78 is 14.0. The smallest absolute Gasteiger partial charge is 0.256 e. The number of anilines is 1. The van der Waals surface area contributed by atoms with Crippen molar-refractivity contribution in [3.05, 3.63) is 95.1 Å². The number of hydrogen-bond donors (Lipinski definition) is 2. The molecule has 6 heteroatoms. The molecule has 0 bridgehead atoms. The maximum atomic E-state index is 14.0. The maximum Gasteiger partial charge on any atom is 0.256 e. The molecule has 2 N–H and O–H groups in total. The van der Waals surface area contributed by atoms with Gasteiger partial charge in [0, 0.05) is 11.1 Å². The molecular weight excluding hydrogens is 357 g/mol. The van der Waals surface area contributed by atoms with Crippen LogP contribution in [0.15, 0.2) is 67.0 Å². The van der Waals surface area contributed by atoms with Gasteiger partial charge >= 0.3 is 0 Å². The molecule has 0 saturated heterocycles. The summed E-state index contributed by atoms with van der Waals surface area (Å²) in [5.41, 5.74) is 3.22. The normalized spacial score (nSPS) is 10.8. The largest absolute Gasteiger partial charge is 0.345 e. The molecule has 0 aliphatic carbocycles. The van der Waals surface area contributed by atoms with Gasteiger partial charge in [-0.3, -0.25) is 9.59 Å². The fourth-order valence-corrected chi connectivity index (χ4v) is 3.04. The Morgan fingerprint density at radius 2 is 1.79 bits per heavy atom. The van der Waals surface area contributed by atoms with E-state index in [9.17, 15) is 14.0 Å². The maximum absolute atomic E-state index is 14.0. The Bertz CT molecular complexity index is 1210. The number of imidazole rings is 1. The van der Waals surface area contributed by atoms with E-state index in [2.05, 4.69) is 15.3 Å². The molecule has 0 radical (unpaired) electrons. The number of amides is 1. The molecule has 0 spiro atoms. The predicted molar refractivity (Wildman–Crippen MR) is 105 cm³/mol. The minimum atomic E-state index is -0.545. The lowest BCUT2D eigenvalue weighted by atomic mass is 9.97. The molecule has 4 aromatic rings. The summed E-state index contributed by atoms with van der Waals surface area (Å²) in [5.74, 6) is -1.38. The average Bonchev–Trinajstić information content (AvgIpc) is 3.18. The van der Waals surface area contributed by atoms with Gasteiger partial charge in [0.2, 0.25) is 0 Å². The molecule has 3 aromatic carbocycles. The molecule has 0 aliphatic rings. The van der Waals surface area contributed by atoms with Crippen LogP contribution in [0.4, 0.5) is 10.1 Å². The molecular formula is C22H16FN3O2. The Hall–Kier alpha value is -3.80. The van der Waals surface area contributed by atoms with E-state index in [1.807, 2.05) is 0 Å². The summed E-state index contributed by atoms with van der Waals surface area (Å²) in [4.78, 5) is 32.9. The average molecular weight is 373 g/mol. The van der Waals surface area contributed by atoms with E-state index in [1.165, 1.54) is 6.07 Å². The van der Waals surface area contributed by atoms with Crippen LogP contribution < -0.4 is 5.32 Å². The van der Waals surface area contributed by atoms with Crippen molar-refractivity contribution in [3.8, 4) is 0 Å². The Balaban J connectivity index is 1.68. The van der Waals surface area contributed by atoms with E-state index in [0.29, 0.717) is 5.56 Å². The highest BCUT2D eigenvalue weighted by molar-refractivity contribution is 6.18. The van der Waals surface area contributed by atoms with E-state index in [1.54, 1.807) is 67.8 Å². The highest BCUT2D eigenvalue weighted by Gasteiger charge is 2.19. The highest BCUT2D eigenvalue weighted by atomic mass is 19.1. The van der Waals surface area contributed by atoms with E-state index < -0.39 is 11.7 Å². The van der Waals surface area contributed by atoms with Gasteiger partial charge in [-0.25, -0.2) is 9.37 Å². The zero-order chi connectivity index (χ0) is 19.7. The summed E-state index contributed by atoms with van der Waals surface area (Å²) in [5, 5.41) is 2.56. The lowest BCUT2D eigenvalue weighted by molar-refractivity contribution is 0.0996. The number of hydrogen-bond acceptors (Lipinski definition) is 3. The molecule has 0 unspecified atom stereocenters. The first-order chi connectivity index (χ1) is 13.5. The van der Waals surface area contributed by atoms with E-state index in [-0.39, 0.29) is 22.6 Å². The summed E-state index contributed by atoms with van der Waals surface area (Å²) >= 11 is 0. The third-order valence-corrected chi connectivity index (χ3v) is 4.47. The topological polar surface area (TPSA) is 74.8 Å². The number of aryl methyl sites for hydroxylation is 1. The van der Waals surface area contributed by atoms with Crippen molar-refractivity contribution in [1.82, 2.24) is 9.97 Å². The summed E-state index contributed by atoms with van der Waals surface area (Å²) in [6, 6.07) is 16.0. The molecule has 0 saturated carbocycles. The van der Waals surface area contributed by atoms with Gasteiger partial charge in [-0.15, -0.1) is 0 Å². The summed E-state index contributed by atoms with van der Waals surface area (Å²) in [6.07, 6.45) is 1.55. The number of nitrogens with zero attached hydrogens (tertiary/aromatic N) is 1. The van der Waals surface area contributed by atoms with Gasteiger partial charge in [0.05, 0.1) is 28.6 Å². The second kappa shape index (κ2) is 7.08. The second-order valence-corrected chi connectivity index (χ2v) is 6.45. The molecule has 0 fully saturated rings. The number of nitrogens with one attached hydrogen (secondary N) is 2. The van der Waals surface area contributed by atoms with Crippen molar-refractivity contribution < 1.29 is 14.0 Å². The molecule has 0 aliphatic heterocycles. The van der Waals surface area contributed by atoms with Gasteiger partial charge in [0.1, 0.15) is 5.82 Å². The van der Waals surface area contributed by atoms with Crippen LogP contribution in [0.25, 0.3) is 11.0 Å². The molecule has 138 valence electrons. The van der Waals surface area contributed by atoms with Crippen molar-refractivity contribution >= 4 is 28.4 Å². The number of ketones is 1. The number of H-pyrrole nitrogens is 1. The van der Waals surface area contributed by atoms with Crippen molar-refractivity contribution in [3.63, 3.8) is 0 Å². The van der Waals surface area contributed by atoms with Crippen LogP contribution >= 0.6 is 0 Å². The zero-order valence-corrected chi connectivity index (χ0v) is 15.0. The Morgan fingerprint density at radius 3 is 2.61 bits per heavy atom. The van der Waals surface area contributed by atoms with Crippen LogP contribution in [0.3, 0.4) is 0 Å². The summed E-state index contributed by atoms with van der Waals surface area (Å²) in [7, 11) is 0. The molecule has 5 nitrogen and oxygen atoms in total. The highest BCUT2D eigenvalue weighted by Crippen LogP contribution is 2.21. The van der Waals surface area contributed by atoms with Gasteiger partial charge in [0.15, 0.2) is 5.78 Å². The first kappa shape index (κ1) is 17.6. The fraction of sp³-hybridized carbons (Fsp3) is 0.0455. The molecule has 1 heterocycles. The monoisotopic (exact) mass is 373 g/mol. The number of carbonyl (C=O) groups is 2. The Kier molecular flexibility index (Phi) is 4.45. The van der Waals surface area contributed by atoms with Gasteiger partial charge in [0.25, 0.3) is 5.91 Å². The molecule has 1 amide bonds. The lowest BCUT2D eigenvalue weighted by Gasteiger charge is -2.11. The predicted octanol–water partition coefficient (Wildman–Crippen LogP) is 4.49. The second-order valence-electron chi connectivity index (χ2n) is 6.45. The van der Waals surface area contributed by atoms with Crippen LogP contribution in [0.1, 0.15) is 31.8 Å². The van der Waals surface area contributed by atoms with Crippen molar-refractivity contribution in [2.75, 3.05) is 5.32 Å². The number of benzene rings is 3. The molecule has 0 atom stereocenters. The van der Waals surface area contributed by atoms with Crippen LogP contribution in [0.2, 0.25) is 0 Å². The number of carbonyl (C=O) groups excluding carboxylic acids is 2. The van der Waals surface area contributed by atoms with Gasteiger partial charge in [-0.1, -0.05) is 24.3 Å². The van der Waals surface area contributed by atoms with Crippen molar-refractivity contribution in [2.24, 2.45) is 0 Å². The van der Waals surface area contributed by atoms with Crippen molar-refractivity contribution in [2.45, 2.75) is 6.92 Å². The van der Waals surface area contributed by atoms with Gasteiger partial charge in [-0.05, 0) is 48.9 Å². The Labute approximate surface area is 160 Å². The zero-order valence-electron chi connectivity index (χ0n) is 15.0. The summed E-state index contributed by atoms with van der Waals surface area (Å²) in [6.45, 7) is 1.80. The molecule has 4 rings (SSSR count). The number of aromatic nitrogens is 2. The Morgan fingerprint density at radius 1 is 1.00 bits per heavy atom. The van der Waals surface area contributed by atoms with Gasteiger partial charge in [-0.2, -0.15) is 0 Å². The van der Waals surface area contributed by atoms with E-state index in [4.69, 9.17) is 0 Å². The van der Waals surface area contributed by atoms with E-state index >= 15 is 0 Å². The minimum absolute atomic E-state index is 0.0751. The number of rotatable bonds is 4. The van der Waals surface area contributed by atoms with Crippen LogP contribution in [-0.2, 0) is 0 Å². The first-order valence-corrected chi connectivity index (χ1v) is 8.67. The number of aromatic amines is 1. The standard InChI is InChI=1S/C22H16FN3O2/c1-13-6-8-17(23)19(10-13)26-22(28)16-5-3-2-4-15(16)21(27)14-7-9-18-20(11-14)25-12-24-18/h2-12H,1H3,(H,24,25)(H,26,28). The third-order valence-electron chi connectivity index (χ3n) is 4.47. The number of fused-ring (bicyclic) bond motifs is 1. The molecule has 28 heavy (non-hydrogen) atoms. The van der Waals surface area contributed by atoms with Crippen molar-refractivity contribution in [1.29, 1.82) is 0 Å². The lowest BCUT2D eigenvalue weighted by Crippen LogP contribution is -2.17. The minimum Gasteiger partial charge on any atom is -0.345 e. The fourth-order valence-electron chi connectivity index (χ4n) is 3.04. The molecule has 1 aromatic heterocycles. The van der Waals surface area contributed by atoms with Crippen LogP contribution in [0, 0.1) is 12.7 Å². The third kappa shape index (κ3) is 3.27. The van der Waals surface area contributed by atoms with E-state index in [0.717, 1.165) is 16.6 Å². The number of halogens is 1. The SMILES string of the molecule is Cc1ccc(F)c(NC(=O)c2ccccc2C(=O)c2ccc3nc[nH]c3c2)c1. The quantitative estimate of drug-likeness (QED) is 0.518. The van der Waals surface area contributed by atoms with Gasteiger partial charge < -0.3 is 10.3 Å². The van der Waals surface area contributed by atoms with Crippen LogP contribution in [0.5, 0.6) is 0 Å². The first-order valence-electron chi connectivity index (χ1n) is 8.67. The van der Waals surface area contributed by atoms with Crippen LogP contribution in [-0.4, -0.2) is 21.7 Å².